The van der Waals surface area contributed by atoms with Crippen LogP contribution in [0.2, 0.25) is 0 Å². The molecule has 2 aliphatic carbocycles. The van der Waals surface area contributed by atoms with Crippen molar-refractivity contribution in [3.05, 3.63) is 0 Å². The average Bonchev–Trinajstić information content (AvgIpc) is 2.71. The van der Waals surface area contributed by atoms with Gasteiger partial charge in [-0.25, -0.2) is 9.59 Å². The van der Waals surface area contributed by atoms with Crippen molar-refractivity contribution in [3.8, 4) is 0 Å². The molecule has 0 heterocycles. The lowest BCUT2D eigenvalue weighted by molar-refractivity contribution is -0.146. The van der Waals surface area contributed by atoms with Gasteiger partial charge in [-0.1, -0.05) is 20.8 Å². The average molecular weight is 296 g/mol. The fourth-order valence-corrected chi connectivity index (χ4v) is 3.65. The lowest BCUT2D eigenvalue weighted by atomic mass is 9.77. The standard InChI is InChI=1S/C16H28N2O3/c1-11-4-8-16(9-5-11,13(19)20)18-14(21)17-12-6-7-15(2,3)10-12/h11-12H,4-10H2,1-3H3,(H,19,20)(H2,17,18,21). The van der Waals surface area contributed by atoms with E-state index >= 15 is 0 Å². The molecule has 2 fully saturated rings. The van der Waals surface area contributed by atoms with Crippen LogP contribution in [0.1, 0.15) is 65.7 Å². The molecule has 2 amide bonds. The van der Waals surface area contributed by atoms with E-state index in [4.69, 9.17) is 0 Å². The molecule has 0 radical (unpaired) electrons. The van der Waals surface area contributed by atoms with Gasteiger partial charge in [-0.3, -0.25) is 0 Å². The molecule has 2 saturated carbocycles. The molecule has 2 aliphatic rings. The molecule has 1 atom stereocenters. The highest BCUT2D eigenvalue weighted by atomic mass is 16.4. The van der Waals surface area contributed by atoms with Crippen LogP contribution in [0.3, 0.4) is 0 Å². The van der Waals surface area contributed by atoms with Crippen molar-refractivity contribution >= 4 is 12.0 Å². The second-order valence-corrected chi connectivity index (χ2v) is 7.77. The first-order chi connectivity index (χ1) is 9.72. The first-order valence-electron chi connectivity index (χ1n) is 8.05. The summed E-state index contributed by atoms with van der Waals surface area (Å²) in [4.78, 5) is 23.8. The number of carboxylic acids is 1. The van der Waals surface area contributed by atoms with Crippen LogP contribution in [0.15, 0.2) is 0 Å². The number of hydrogen-bond donors (Lipinski definition) is 3. The van der Waals surface area contributed by atoms with Crippen molar-refractivity contribution in [1.82, 2.24) is 10.6 Å². The lowest BCUT2D eigenvalue weighted by Gasteiger charge is -2.36. The lowest BCUT2D eigenvalue weighted by Crippen LogP contribution is -2.59. The highest BCUT2D eigenvalue weighted by Crippen LogP contribution is 2.37. The summed E-state index contributed by atoms with van der Waals surface area (Å²) in [6.07, 6.45) is 5.76. The van der Waals surface area contributed by atoms with Gasteiger partial charge in [-0.05, 0) is 56.3 Å². The van der Waals surface area contributed by atoms with Crippen molar-refractivity contribution in [2.45, 2.75) is 77.3 Å². The fraction of sp³-hybridized carbons (Fsp3) is 0.875. The van der Waals surface area contributed by atoms with Gasteiger partial charge in [0.15, 0.2) is 0 Å². The summed E-state index contributed by atoms with van der Waals surface area (Å²) in [6, 6.07) is -0.164. The van der Waals surface area contributed by atoms with E-state index in [-0.39, 0.29) is 17.5 Å². The van der Waals surface area contributed by atoms with E-state index in [1.165, 1.54) is 0 Å². The number of urea groups is 1. The number of carboxylic acid groups (broad SMARTS) is 1. The molecule has 5 heteroatoms. The Morgan fingerprint density at radius 3 is 2.19 bits per heavy atom. The Labute approximate surface area is 126 Å². The Kier molecular flexibility index (Phi) is 4.49. The molecule has 0 aromatic heterocycles. The molecule has 0 aromatic carbocycles. The molecule has 5 nitrogen and oxygen atoms in total. The van der Waals surface area contributed by atoms with E-state index in [0.29, 0.717) is 18.8 Å². The molecule has 0 spiro atoms. The third-order valence-corrected chi connectivity index (χ3v) is 5.19. The molecule has 3 N–H and O–H groups in total. The van der Waals surface area contributed by atoms with Crippen molar-refractivity contribution in [3.63, 3.8) is 0 Å². The van der Waals surface area contributed by atoms with E-state index in [2.05, 4.69) is 31.4 Å². The van der Waals surface area contributed by atoms with E-state index in [9.17, 15) is 14.7 Å². The third-order valence-electron chi connectivity index (χ3n) is 5.19. The topological polar surface area (TPSA) is 78.4 Å². The van der Waals surface area contributed by atoms with Crippen LogP contribution in [0.4, 0.5) is 4.79 Å². The Morgan fingerprint density at radius 2 is 1.71 bits per heavy atom. The molecular formula is C16H28N2O3. The molecular weight excluding hydrogens is 268 g/mol. The highest BCUT2D eigenvalue weighted by Gasteiger charge is 2.43. The minimum absolute atomic E-state index is 0.161. The molecule has 0 aromatic rings. The number of carbonyl (C=O) groups is 2. The Balaban J connectivity index is 1.92. The summed E-state index contributed by atoms with van der Waals surface area (Å²) in [6.45, 7) is 6.54. The highest BCUT2D eigenvalue weighted by molar-refractivity contribution is 5.86. The van der Waals surface area contributed by atoms with Gasteiger partial charge >= 0.3 is 12.0 Å². The van der Waals surface area contributed by atoms with E-state index in [1.807, 2.05) is 0 Å². The van der Waals surface area contributed by atoms with Crippen LogP contribution >= 0.6 is 0 Å². The molecule has 2 rings (SSSR count). The number of carbonyl (C=O) groups excluding carboxylic acids is 1. The van der Waals surface area contributed by atoms with E-state index < -0.39 is 11.5 Å². The predicted molar refractivity (Wildman–Crippen MR) is 81.1 cm³/mol. The zero-order valence-electron chi connectivity index (χ0n) is 13.4. The largest absolute Gasteiger partial charge is 0.480 e. The first-order valence-corrected chi connectivity index (χ1v) is 8.05. The van der Waals surface area contributed by atoms with Gasteiger partial charge < -0.3 is 15.7 Å². The Hall–Kier alpha value is -1.26. The van der Waals surface area contributed by atoms with Crippen LogP contribution in [0.25, 0.3) is 0 Å². The fourth-order valence-electron chi connectivity index (χ4n) is 3.65. The van der Waals surface area contributed by atoms with Gasteiger partial charge in [0.25, 0.3) is 0 Å². The summed E-state index contributed by atoms with van der Waals surface area (Å²) in [5, 5.41) is 15.2. The summed E-state index contributed by atoms with van der Waals surface area (Å²) in [7, 11) is 0. The molecule has 0 aliphatic heterocycles. The minimum Gasteiger partial charge on any atom is -0.480 e. The predicted octanol–water partition coefficient (Wildman–Crippen LogP) is 2.90. The summed E-state index contributed by atoms with van der Waals surface area (Å²) < 4.78 is 0. The second kappa shape index (κ2) is 5.85. The van der Waals surface area contributed by atoms with Crippen molar-refractivity contribution in [2.75, 3.05) is 0 Å². The van der Waals surface area contributed by atoms with Gasteiger partial charge in [0.05, 0.1) is 0 Å². The molecule has 0 bridgehead atoms. The van der Waals surface area contributed by atoms with Crippen molar-refractivity contribution < 1.29 is 14.7 Å². The van der Waals surface area contributed by atoms with E-state index in [0.717, 1.165) is 32.1 Å². The zero-order chi connectivity index (χ0) is 15.7. The summed E-state index contributed by atoms with van der Waals surface area (Å²) in [5.74, 6) is -0.366. The number of aliphatic carboxylic acids is 1. The van der Waals surface area contributed by atoms with Gasteiger partial charge in [0, 0.05) is 6.04 Å². The van der Waals surface area contributed by atoms with Crippen LogP contribution in [-0.4, -0.2) is 28.7 Å². The van der Waals surface area contributed by atoms with Crippen LogP contribution in [-0.2, 0) is 4.79 Å². The summed E-state index contributed by atoms with van der Waals surface area (Å²) >= 11 is 0. The Morgan fingerprint density at radius 1 is 1.10 bits per heavy atom. The maximum Gasteiger partial charge on any atom is 0.329 e. The van der Waals surface area contributed by atoms with Crippen LogP contribution < -0.4 is 10.6 Å². The number of rotatable bonds is 3. The Bertz CT molecular complexity index is 412. The first kappa shape index (κ1) is 16.1. The molecule has 1 unspecified atom stereocenters. The maximum atomic E-state index is 12.2. The molecule has 0 saturated heterocycles. The van der Waals surface area contributed by atoms with Crippen molar-refractivity contribution in [2.24, 2.45) is 11.3 Å². The zero-order valence-corrected chi connectivity index (χ0v) is 13.4. The van der Waals surface area contributed by atoms with Crippen LogP contribution in [0.5, 0.6) is 0 Å². The number of nitrogens with one attached hydrogen (secondary N) is 2. The van der Waals surface area contributed by atoms with Crippen molar-refractivity contribution in [1.29, 1.82) is 0 Å². The minimum atomic E-state index is -1.08. The molecule has 120 valence electrons. The van der Waals surface area contributed by atoms with E-state index in [1.54, 1.807) is 0 Å². The summed E-state index contributed by atoms with van der Waals surface area (Å²) in [5.41, 5.74) is -0.812. The third kappa shape index (κ3) is 3.89. The van der Waals surface area contributed by atoms with Gasteiger partial charge in [-0.15, -0.1) is 0 Å². The number of amides is 2. The smallest absolute Gasteiger partial charge is 0.329 e. The van der Waals surface area contributed by atoms with Gasteiger partial charge in [-0.2, -0.15) is 0 Å². The monoisotopic (exact) mass is 296 g/mol. The maximum absolute atomic E-state index is 12.2. The molecule has 21 heavy (non-hydrogen) atoms. The van der Waals surface area contributed by atoms with Gasteiger partial charge in [0.1, 0.15) is 5.54 Å². The SMILES string of the molecule is CC1CCC(NC(=O)NC2CCC(C)(C)C2)(C(=O)O)CC1. The normalized spacial score (nSPS) is 35.2. The number of hydrogen-bond acceptors (Lipinski definition) is 2. The van der Waals surface area contributed by atoms with Gasteiger partial charge in [0.2, 0.25) is 0 Å². The quantitative estimate of drug-likeness (QED) is 0.749. The second-order valence-electron chi connectivity index (χ2n) is 7.77. The van der Waals surface area contributed by atoms with Crippen LogP contribution in [0, 0.1) is 11.3 Å².